The Morgan fingerprint density at radius 2 is 0.387 bits per heavy atom. The highest BCUT2D eigenvalue weighted by Gasteiger charge is 2.40. The number of unbranched alkanes of at least 4 members (excludes halogenated alkanes) is 45. The first kappa shape index (κ1) is 62.1. The highest BCUT2D eigenvalue weighted by Crippen LogP contribution is 2.22. The molecule has 0 amide bonds. The molecule has 0 heterocycles. The molecule has 0 aliphatic rings. The van der Waals surface area contributed by atoms with Crippen LogP contribution in [-0.2, 0) is 13.3 Å². The molecule has 62 heavy (non-hydrogen) atoms. The highest BCUT2D eigenvalue weighted by molar-refractivity contribution is 6.60. The lowest BCUT2D eigenvalue weighted by molar-refractivity contribution is 0.0549. The molecule has 0 unspecified atom stereocenters. The summed E-state index contributed by atoms with van der Waals surface area (Å²) in [5.41, 5.74) is 6.08. The van der Waals surface area contributed by atoms with Crippen LogP contribution in [0.5, 0.6) is 0 Å². The SMILES string of the molecule is CCCCCCCCCCCCCCCCCCO[Si](CCCN)(OCCCCCCCCCCCCCCCCCC)OCCCCCCCCCCCCCCCCCC. The Labute approximate surface area is 394 Å². The molecule has 374 valence electrons. The molecule has 0 aliphatic heterocycles. The zero-order valence-electron chi connectivity index (χ0n) is 43.5. The van der Waals surface area contributed by atoms with Gasteiger partial charge in [0.25, 0.3) is 0 Å². The molecular weight excluding hydrogens is 775 g/mol. The van der Waals surface area contributed by atoms with Crippen molar-refractivity contribution in [1.82, 2.24) is 0 Å². The van der Waals surface area contributed by atoms with Gasteiger partial charge in [-0.3, -0.25) is 0 Å². The van der Waals surface area contributed by atoms with Gasteiger partial charge in [-0.15, -0.1) is 0 Å². The zero-order chi connectivity index (χ0) is 44.8. The normalized spacial score (nSPS) is 12.0. The van der Waals surface area contributed by atoms with Crippen LogP contribution in [-0.4, -0.2) is 35.2 Å². The third kappa shape index (κ3) is 49.5. The minimum Gasteiger partial charge on any atom is -0.373 e. The number of hydrogen-bond acceptors (Lipinski definition) is 4. The Hall–Kier alpha value is 0.0569. The van der Waals surface area contributed by atoms with Crippen LogP contribution < -0.4 is 5.73 Å². The van der Waals surface area contributed by atoms with Crippen molar-refractivity contribution in [2.75, 3.05) is 26.4 Å². The van der Waals surface area contributed by atoms with Gasteiger partial charge in [0.1, 0.15) is 0 Å². The average Bonchev–Trinajstić information content (AvgIpc) is 3.28. The third-order valence-electron chi connectivity index (χ3n) is 13.6. The summed E-state index contributed by atoms with van der Waals surface area (Å²) in [6.07, 6.45) is 67.8. The van der Waals surface area contributed by atoms with Crippen molar-refractivity contribution in [3.8, 4) is 0 Å². The molecule has 0 radical (unpaired) electrons. The molecule has 0 aromatic rings. The Morgan fingerprint density at radius 3 is 0.548 bits per heavy atom. The monoisotopic (exact) mass is 894 g/mol. The van der Waals surface area contributed by atoms with E-state index >= 15 is 0 Å². The van der Waals surface area contributed by atoms with Crippen molar-refractivity contribution in [1.29, 1.82) is 0 Å². The molecule has 0 fully saturated rings. The summed E-state index contributed by atoms with van der Waals surface area (Å²) in [5.74, 6) is 0. The summed E-state index contributed by atoms with van der Waals surface area (Å²) in [6.45, 7) is 9.96. The molecule has 0 aliphatic carbocycles. The lowest BCUT2D eigenvalue weighted by atomic mass is 10.0. The van der Waals surface area contributed by atoms with Crippen LogP contribution in [0.25, 0.3) is 0 Å². The van der Waals surface area contributed by atoms with Crippen molar-refractivity contribution < 1.29 is 13.3 Å². The Kier molecular flexibility index (Phi) is 55.4. The van der Waals surface area contributed by atoms with E-state index in [0.29, 0.717) is 6.54 Å². The smallest absolute Gasteiger partial charge is 0.373 e. The third-order valence-corrected chi connectivity index (χ3v) is 16.5. The molecule has 5 heteroatoms. The van der Waals surface area contributed by atoms with Gasteiger partial charge in [-0.25, -0.2) is 0 Å². The standard InChI is InChI=1S/C57H119NO3Si/c1-4-7-10-13-16-19-22-25-28-31-34-37-40-43-46-49-54-59-62(57-52-53-58,60-55-50-47-44-41-38-35-32-29-26-23-20-17-14-11-8-5-2)61-56-51-48-45-42-39-36-33-30-27-24-21-18-15-12-9-6-3/h4-58H2,1-3H3. The number of rotatable bonds is 57. The summed E-state index contributed by atoms with van der Waals surface area (Å²) in [5, 5.41) is 0. The number of hydrogen-bond donors (Lipinski definition) is 1. The van der Waals surface area contributed by atoms with Crippen molar-refractivity contribution in [2.24, 2.45) is 5.73 Å². The van der Waals surface area contributed by atoms with Gasteiger partial charge in [0, 0.05) is 25.9 Å². The van der Waals surface area contributed by atoms with Crippen molar-refractivity contribution in [3.63, 3.8) is 0 Å². The fourth-order valence-electron chi connectivity index (χ4n) is 9.29. The van der Waals surface area contributed by atoms with Crippen LogP contribution in [0.2, 0.25) is 6.04 Å². The van der Waals surface area contributed by atoms with E-state index in [0.717, 1.165) is 51.5 Å². The van der Waals surface area contributed by atoms with Crippen molar-refractivity contribution >= 4 is 8.80 Å². The van der Waals surface area contributed by atoms with Crippen LogP contribution in [0.1, 0.15) is 335 Å². The van der Waals surface area contributed by atoms with Crippen LogP contribution >= 0.6 is 0 Å². The van der Waals surface area contributed by atoms with Gasteiger partial charge >= 0.3 is 8.80 Å². The highest BCUT2D eigenvalue weighted by atomic mass is 28.4. The Morgan fingerprint density at radius 1 is 0.226 bits per heavy atom. The first-order chi connectivity index (χ1) is 30.7. The van der Waals surface area contributed by atoms with Crippen LogP contribution in [0.3, 0.4) is 0 Å². The van der Waals surface area contributed by atoms with Gasteiger partial charge < -0.3 is 19.0 Å². The van der Waals surface area contributed by atoms with E-state index in [2.05, 4.69) is 20.8 Å². The minimum absolute atomic E-state index is 0.683. The molecule has 0 atom stereocenters. The fourth-order valence-corrected chi connectivity index (χ4v) is 12.0. The largest absolute Gasteiger partial charge is 0.501 e. The van der Waals surface area contributed by atoms with E-state index in [1.807, 2.05) is 0 Å². The molecular formula is C57H119NO3Si. The van der Waals surface area contributed by atoms with Gasteiger partial charge in [-0.05, 0) is 32.2 Å². The summed E-state index contributed by atoms with van der Waals surface area (Å²) >= 11 is 0. The Balaban J connectivity index is 4.39. The van der Waals surface area contributed by atoms with E-state index in [4.69, 9.17) is 19.0 Å². The molecule has 0 saturated heterocycles. The van der Waals surface area contributed by atoms with E-state index < -0.39 is 8.80 Å². The fraction of sp³-hybridized carbons (Fsp3) is 1.00. The zero-order valence-corrected chi connectivity index (χ0v) is 44.5. The summed E-state index contributed by atoms with van der Waals surface area (Å²) in [6, 6.07) is 0.875. The van der Waals surface area contributed by atoms with Crippen LogP contribution in [0.4, 0.5) is 0 Å². The molecule has 0 saturated carbocycles. The van der Waals surface area contributed by atoms with Gasteiger partial charge in [-0.1, -0.05) is 310 Å². The van der Waals surface area contributed by atoms with E-state index in [-0.39, 0.29) is 0 Å². The molecule has 0 aromatic heterocycles. The topological polar surface area (TPSA) is 53.7 Å². The van der Waals surface area contributed by atoms with Gasteiger partial charge in [0.05, 0.1) is 0 Å². The quantitative estimate of drug-likeness (QED) is 0.0488. The second-order valence-corrected chi connectivity index (χ2v) is 22.8. The predicted octanol–water partition coefficient (Wildman–Crippen LogP) is 20.1. The molecule has 0 spiro atoms. The molecule has 0 bridgehead atoms. The lowest BCUT2D eigenvalue weighted by Crippen LogP contribution is -2.47. The van der Waals surface area contributed by atoms with E-state index in [1.165, 1.54) is 289 Å². The molecule has 0 rings (SSSR count). The maximum absolute atomic E-state index is 6.75. The lowest BCUT2D eigenvalue weighted by Gasteiger charge is -2.30. The summed E-state index contributed by atoms with van der Waals surface area (Å²) < 4.78 is 20.2. The van der Waals surface area contributed by atoms with Crippen LogP contribution in [0.15, 0.2) is 0 Å². The van der Waals surface area contributed by atoms with Gasteiger partial charge in [0.15, 0.2) is 0 Å². The maximum Gasteiger partial charge on any atom is 0.501 e. The molecule has 0 aromatic carbocycles. The van der Waals surface area contributed by atoms with Crippen molar-refractivity contribution in [3.05, 3.63) is 0 Å². The van der Waals surface area contributed by atoms with E-state index in [1.54, 1.807) is 0 Å². The van der Waals surface area contributed by atoms with Gasteiger partial charge in [-0.2, -0.15) is 0 Å². The van der Waals surface area contributed by atoms with Crippen molar-refractivity contribution in [2.45, 2.75) is 341 Å². The first-order valence-corrected chi connectivity index (χ1v) is 31.3. The van der Waals surface area contributed by atoms with E-state index in [9.17, 15) is 0 Å². The number of nitrogens with two attached hydrogens (primary N) is 1. The van der Waals surface area contributed by atoms with Crippen LogP contribution in [0, 0.1) is 0 Å². The average molecular weight is 895 g/mol. The second kappa shape index (κ2) is 55.4. The minimum atomic E-state index is -2.72. The predicted molar refractivity (Wildman–Crippen MR) is 281 cm³/mol. The molecule has 4 nitrogen and oxygen atoms in total. The summed E-state index contributed by atoms with van der Waals surface area (Å²) in [4.78, 5) is 0. The van der Waals surface area contributed by atoms with Gasteiger partial charge in [0.2, 0.25) is 0 Å². The Bertz CT molecular complexity index is 690. The second-order valence-electron chi connectivity index (χ2n) is 20.0. The summed E-state index contributed by atoms with van der Waals surface area (Å²) in [7, 11) is -2.72. The maximum atomic E-state index is 6.75. The first-order valence-electron chi connectivity index (χ1n) is 29.4. The molecule has 2 N–H and O–H groups in total.